The summed E-state index contributed by atoms with van der Waals surface area (Å²) in [6.45, 7) is 0. The summed E-state index contributed by atoms with van der Waals surface area (Å²) in [6.07, 6.45) is -2.33. The molecular formula is C22H14F4N4O4S. The monoisotopic (exact) mass is 506 g/mol. The number of aromatic nitrogens is 3. The number of ether oxygens (including phenoxy) is 1. The second kappa shape index (κ2) is 8.05. The van der Waals surface area contributed by atoms with Crippen LogP contribution in [0.3, 0.4) is 0 Å². The van der Waals surface area contributed by atoms with Crippen LogP contribution in [0.15, 0.2) is 55.0 Å². The summed E-state index contributed by atoms with van der Waals surface area (Å²) < 4.78 is 83.8. The zero-order valence-electron chi connectivity index (χ0n) is 17.5. The van der Waals surface area contributed by atoms with E-state index in [1.807, 2.05) is 0 Å². The summed E-state index contributed by atoms with van der Waals surface area (Å²) in [6, 6.07) is 7.89. The largest absolute Gasteiger partial charge is 0.439 e. The predicted octanol–water partition coefficient (Wildman–Crippen LogP) is 4.89. The van der Waals surface area contributed by atoms with E-state index in [1.54, 1.807) is 12.1 Å². The average Bonchev–Trinajstić information content (AvgIpc) is 3.34. The lowest BCUT2D eigenvalue weighted by Gasteiger charge is -2.13. The minimum absolute atomic E-state index is 0.104. The number of fused-ring (bicyclic) bond motifs is 2. The summed E-state index contributed by atoms with van der Waals surface area (Å²) in [5, 5.41) is 2.68. The molecule has 2 aromatic heterocycles. The van der Waals surface area contributed by atoms with Gasteiger partial charge in [0.2, 0.25) is 5.88 Å². The summed E-state index contributed by atoms with van der Waals surface area (Å²) in [5.74, 6) is -1.59. The highest BCUT2D eigenvalue weighted by molar-refractivity contribution is 7.90. The van der Waals surface area contributed by atoms with Crippen molar-refractivity contribution in [1.29, 1.82) is 0 Å². The van der Waals surface area contributed by atoms with E-state index in [2.05, 4.69) is 15.3 Å². The van der Waals surface area contributed by atoms with Gasteiger partial charge < -0.3 is 10.1 Å². The summed E-state index contributed by atoms with van der Waals surface area (Å²) in [4.78, 5) is 20.7. The van der Waals surface area contributed by atoms with Crippen LogP contribution in [0.2, 0.25) is 0 Å². The summed E-state index contributed by atoms with van der Waals surface area (Å²) in [5.41, 5.74) is -0.969. The van der Waals surface area contributed by atoms with Crippen LogP contribution in [-0.2, 0) is 27.5 Å². The highest BCUT2D eigenvalue weighted by Crippen LogP contribution is 2.35. The first-order valence-corrected chi connectivity index (χ1v) is 11.8. The van der Waals surface area contributed by atoms with Crippen LogP contribution >= 0.6 is 0 Å². The number of hydrogen-bond donors (Lipinski definition) is 1. The molecule has 0 radical (unpaired) electrons. The molecule has 8 nitrogen and oxygen atoms in total. The topological polar surface area (TPSA) is 103 Å². The molecule has 0 unspecified atom stereocenters. The van der Waals surface area contributed by atoms with Gasteiger partial charge in [0.05, 0.1) is 39.5 Å². The standard InChI is InChI=1S/C22H14F4N4O4S/c23-19-15(22(24,25)26)2-1-3-16(19)29-21(31)30-7-6-12-8-13(4-5-18(12)30)34-20-14-9-35(32,33)10-17(14)27-11-28-20/h1-8,11H,9-10H2,(H,29,31). The smallest absolute Gasteiger partial charge is 0.419 e. The number of alkyl halides is 3. The van der Waals surface area contributed by atoms with Gasteiger partial charge >= 0.3 is 12.2 Å². The maximum Gasteiger partial charge on any atom is 0.419 e. The molecule has 0 bridgehead atoms. The van der Waals surface area contributed by atoms with Crippen molar-refractivity contribution in [3.63, 3.8) is 0 Å². The van der Waals surface area contributed by atoms with Crippen LogP contribution in [0.5, 0.6) is 11.6 Å². The first-order valence-electron chi connectivity index (χ1n) is 10.0. The van der Waals surface area contributed by atoms with Gasteiger partial charge in [-0.3, -0.25) is 4.57 Å². The van der Waals surface area contributed by atoms with Gasteiger partial charge in [0, 0.05) is 11.6 Å². The molecule has 1 N–H and O–H groups in total. The molecule has 35 heavy (non-hydrogen) atoms. The molecule has 13 heteroatoms. The Morgan fingerprint density at radius 3 is 2.66 bits per heavy atom. The summed E-state index contributed by atoms with van der Waals surface area (Å²) >= 11 is 0. The van der Waals surface area contributed by atoms with E-state index >= 15 is 0 Å². The number of anilines is 1. The highest BCUT2D eigenvalue weighted by atomic mass is 32.2. The predicted molar refractivity (Wildman–Crippen MR) is 116 cm³/mol. The Labute approximate surface area is 195 Å². The van der Waals surface area contributed by atoms with Gasteiger partial charge in [0.15, 0.2) is 15.7 Å². The minimum atomic E-state index is -4.91. The number of sulfone groups is 1. The average molecular weight is 506 g/mol. The van der Waals surface area contributed by atoms with Crippen molar-refractivity contribution in [2.45, 2.75) is 17.7 Å². The normalized spacial score (nSPS) is 14.6. The lowest BCUT2D eigenvalue weighted by Crippen LogP contribution is -2.20. The molecule has 2 aromatic carbocycles. The number of carbonyl (C=O) groups is 1. The van der Waals surface area contributed by atoms with Crippen molar-refractivity contribution in [3.8, 4) is 11.6 Å². The third-order valence-electron chi connectivity index (χ3n) is 5.36. The Kier molecular flexibility index (Phi) is 5.24. The fourth-order valence-corrected chi connectivity index (χ4v) is 5.26. The van der Waals surface area contributed by atoms with Gasteiger partial charge in [-0.05, 0) is 36.4 Å². The maximum absolute atomic E-state index is 14.3. The fraction of sp³-hybridized carbons (Fsp3) is 0.136. The zero-order valence-corrected chi connectivity index (χ0v) is 18.3. The molecule has 1 aliphatic heterocycles. The second-order valence-electron chi connectivity index (χ2n) is 7.74. The van der Waals surface area contributed by atoms with Crippen molar-refractivity contribution >= 4 is 32.5 Å². The van der Waals surface area contributed by atoms with Crippen LogP contribution in [0.25, 0.3) is 10.9 Å². The van der Waals surface area contributed by atoms with Crippen LogP contribution in [-0.4, -0.2) is 29.0 Å². The molecule has 4 aromatic rings. The molecule has 0 aliphatic carbocycles. The molecule has 0 saturated carbocycles. The van der Waals surface area contributed by atoms with E-state index in [1.165, 1.54) is 24.7 Å². The van der Waals surface area contributed by atoms with E-state index in [0.717, 1.165) is 16.7 Å². The first-order chi connectivity index (χ1) is 16.5. The number of carbonyl (C=O) groups excluding carboxylic acids is 1. The van der Waals surface area contributed by atoms with E-state index < -0.39 is 39.1 Å². The number of benzene rings is 2. The Balaban J connectivity index is 1.40. The zero-order chi connectivity index (χ0) is 25.0. The fourth-order valence-electron chi connectivity index (χ4n) is 3.76. The Morgan fingerprint density at radius 2 is 1.89 bits per heavy atom. The van der Waals surface area contributed by atoms with Gasteiger partial charge in [-0.25, -0.2) is 27.6 Å². The van der Waals surface area contributed by atoms with Crippen molar-refractivity contribution < 1.29 is 35.5 Å². The molecule has 180 valence electrons. The lowest BCUT2D eigenvalue weighted by atomic mass is 10.2. The third kappa shape index (κ3) is 4.30. The highest BCUT2D eigenvalue weighted by Gasteiger charge is 2.35. The van der Waals surface area contributed by atoms with E-state index in [-0.39, 0.29) is 17.4 Å². The molecule has 1 amide bonds. The first kappa shape index (κ1) is 22.8. The molecule has 0 atom stereocenters. The van der Waals surface area contributed by atoms with Gasteiger partial charge in [-0.1, -0.05) is 6.07 Å². The van der Waals surface area contributed by atoms with E-state index in [0.29, 0.717) is 34.0 Å². The van der Waals surface area contributed by atoms with Gasteiger partial charge in [-0.15, -0.1) is 0 Å². The molecule has 0 spiro atoms. The summed E-state index contributed by atoms with van der Waals surface area (Å²) in [7, 11) is -3.32. The molecular weight excluding hydrogens is 492 g/mol. The van der Waals surface area contributed by atoms with Crippen LogP contribution in [0.1, 0.15) is 16.8 Å². The van der Waals surface area contributed by atoms with E-state index in [4.69, 9.17) is 4.74 Å². The SMILES string of the molecule is O=C(Nc1cccc(C(F)(F)F)c1F)n1ccc2cc(Oc3ncnc4c3CS(=O)(=O)C4)ccc21. The number of nitrogens with one attached hydrogen (secondary N) is 1. The van der Waals surface area contributed by atoms with Gasteiger partial charge in [0.1, 0.15) is 12.1 Å². The maximum atomic E-state index is 14.3. The Bertz CT molecular complexity index is 1600. The molecule has 1 aliphatic rings. The molecule has 3 heterocycles. The van der Waals surface area contributed by atoms with Crippen molar-refractivity contribution in [3.05, 3.63) is 77.6 Å². The lowest BCUT2D eigenvalue weighted by molar-refractivity contribution is -0.139. The molecule has 0 fully saturated rings. The minimum Gasteiger partial charge on any atom is -0.439 e. The van der Waals surface area contributed by atoms with E-state index in [9.17, 15) is 30.8 Å². The second-order valence-corrected chi connectivity index (χ2v) is 9.80. The Hall–Kier alpha value is -4.00. The molecule has 0 saturated heterocycles. The van der Waals surface area contributed by atoms with Crippen LogP contribution in [0.4, 0.5) is 28.0 Å². The van der Waals surface area contributed by atoms with Crippen molar-refractivity contribution in [2.75, 3.05) is 5.32 Å². The number of nitrogens with zero attached hydrogens (tertiary/aromatic N) is 3. The van der Waals surface area contributed by atoms with Gasteiger partial charge in [-0.2, -0.15) is 13.2 Å². The van der Waals surface area contributed by atoms with Crippen LogP contribution in [0, 0.1) is 5.82 Å². The Morgan fingerprint density at radius 1 is 1.09 bits per heavy atom. The quantitative estimate of drug-likeness (QED) is 0.397. The van der Waals surface area contributed by atoms with Crippen molar-refractivity contribution in [2.24, 2.45) is 0 Å². The van der Waals surface area contributed by atoms with Gasteiger partial charge in [0.25, 0.3) is 0 Å². The van der Waals surface area contributed by atoms with Crippen LogP contribution < -0.4 is 10.1 Å². The third-order valence-corrected chi connectivity index (χ3v) is 6.80. The number of halogens is 4. The number of amides is 1. The van der Waals surface area contributed by atoms with Crippen molar-refractivity contribution in [1.82, 2.24) is 14.5 Å². The molecule has 5 rings (SSSR count). The number of hydrogen-bond acceptors (Lipinski definition) is 6. The number of rotatable bonds is 3.